The predicted molar refractivity (Wildman–Crippen MR) is 84.6 cm³/mol. The van der Waals surface area contributed by atoms with Crippen LogP contribution in [-0.2, 0) is 10.0 Å². The van der Waals surface area contributed by atoms with Crippen molar-refractivity contribution in [1.82, 2.24) is 4.72 Å². The highest BCUT2D eigenvalue weighted by atomic mass is 32.2. The monoisotopic (exact) mass is 306 g/mol. The molecule has 0 aliphatic heterocycles. The summed E-state index contributed by atoms with van der Waals surface area (Å²) in [5.41, 5.74) is 0.866. The molecule has 114 valence electrons. The van der Waals surface area contributed by atoms with E-state index in [0.717, 1.165) is 11.6 Å². The van der Waals surface area contributed by atoms with Crippen LogP contribution in [0.2, 0.25) is 0 Å². The van der Waals surface area contributed by atoms with Gasteiger partial charge in [-0.2, -0.15) is 0 Å². The fraction of sp³-hybridized carbons (Fsp3) is 0.500. The van der Waals surface area contributed by atoms with Crippen molar-refractivity contribution in [2.24, 2.45) is 17.8 Å². The summed E-state index contributed by atoms with van der Waals surface area (Å²) in [5, 5.41) is 3.48. The van der Waals surface area contributed by atoms with Gasteiger partial charge in [0.15, 0.2) is 0 Å². The first-order valence-corrected chi connectivity index (χ1v) is 8.96. The van der Waals surface area contributed by atoms with E-state index < -0.39 is 10.0 Å². The fourth-order valence-electron chi connectivity index (χ4n) is 3.64. The summed E-state index contributed by atoms with van der Waals surface area (Å²) in [6.07, 6.45) is 7.21. The molecule has 1 fully saturated rings. The van der Waals surface area contributed by atoms with Crippen LogP contribution in [0.1, 0.15) is 19.8 Å². The smallest absolute Gasteiger partial charge is 0.240 e. The minimum atomic E-state index is -3.39. The van der Waals surface area contributed by atoms with Gasteiger partial charge >= 0.3 is 0 Å². The van der Waals surface area contributed by atoms with Gasteiger partial charge in [-0.25, -0.2) is 13.1 Å². The molecule has 0 aromatic heterocycles. The highest BCUT2D eigenvalue weighted by molar-refractivity contribution is 7.89. The lowest BCUT2D eigenvalue weighted by molar-refractivity contribution is 0.400. The molecule has 4 atom stereocenters. The molecule has 1 aromatic carbocycles. The molecule has 0 radical (unpaired) electrons. The Morgan fingerprint density at radius 1 is 1.24 bits per heavy atom. The van der Waals surface area contributed by atoms with Crippen LogP contribution in [0.4, 0.5) is 5.69 Å². The zero-order chi connectivity index (χ0) is 15.0. The molecule has 2 bridgehead atoms. The molecule has 1 saturated carbocycles. The lowest BCUT2D eigenvalue weighted by atomic mass is 9.87. The van der Waals surface area contributed by atoms with Gasteiger partial charge in [0.05, 0.1) is 4.90 Å². The van der Waals surface area contributed by atoms with Gasteiger partial charge < -0.3 is 5.32 Å². The number of fused-ring (bicyclic) bond motifs is 2. The quantitative estimate of drug-likeness (QED) is 0.822. The van der Waals surface area contributed by atoms with E-state index in [1.807, 2.05) is 6.07 Å². The largest absolute Gasteiger partial charge is 0.382 e. The molecule has 4 unspecified atom stereocenters. The van der Waals surface area contributed by atoms with Crippen LogP contribution in [-0.4, -0.2) is 21.5 Å². The SMILES string of the molecule is CNS(=O)(=O)c1cccc(NC(C)C2CC3C=CC2C3)c1. The summed E-state index contributed by atoms with van der Waals surface area (Å²) in [5.74, 6) is 2.08. The highest BCUT2D eigenvalue weighted by Crippen LogP contribution is 2.45. The third-order valence-corrected chi connectivity index (χ3v) is 6.19. The maximum Gasteiger partial charge on any atom is 0.240 e. The second-order valence-corrected chi connectivity index (χ2v) is 8.00. The molecule has 4 nitrogen and oxygen atoms in total. The predicted octanol–water partition coefficient (Wildman–Crippen LogP) is 2.61. The number of hydrogen-bond acceptors (Lipinski definition) is 3. The number of nitrogens with one attached hydrogen (secondary N) is 2. The summed E-state index contributed by atoms with van der Waals surface area (Å²) < 4.78 is 26.1. The first kappa shape index (κ1) is 14.6. The van der Waals surface area contributed by atoms with E-state index in [4.69, 9.17) is 0 Å². The number of allylic oxidation sites excluding steroid dienone is 2. The molecular formula is C16H22N2O2S. The summed E-state index contributed by atoms with van der Waals surface area (Å²) in [4.78, 5) is 0.301. The normalized spacial score (nSPS) is 28.8. The summed E-state index contributed by atoms with van der Waals surface area (Å²) >= 11 is 0. The Kier molecular flexibility index (Phi) is 3.80. The van der Waals surface area contributed by atoms with E-state index in [9.17, 15) is 8.42 Å². The number of benzene rings is 1. The molecule has 21 heavy (non-hydrogen) atoms. The van der Waals surface area contributed by atoms with Crippen molar-refractivity contribution in [1.29, 1.82) is 0 Å². The Balaban J connectivity index is 1.73. The van der Waals surface area contributed by atoms with E-state index in [1.54, 1.807) is 18.2 Å². The van der Waals surface area contributed by atoms with Crippen molar-refractivity contribution in [3.8, 4) is 0 Å². The lowest BCUT2D eigenvalue weighted by Crippen LogP contribution is -2.29. The van der Waals surface area contributed by atoms with Gasteiger partial charge in [0.25, 0.3) is 0 Å². The number of anilines is 1. The van der Waals surface area contributed by atoms with Gasteiger partial charge in [-0.05, 0) is 62.8 Å². The van der Waals surface area contributed by atoms with Crippen LogP contribution >= 0.6 is 0 Å². The third-order valence-electron chi connectivity index (χ3n) is 4.78. The van der Waals surface area contributed by atoms with Crippen molar-refractivity contribution in [2.45, 2.75) is 30.7 Å². The zero-order valence-electron chi connectivity index (χ0n) is 12.4. The minimum Gasteiger partial charge on any atom is -0.382 e. The molecule has 5 heteroatoms. The zero-order valence-corrected chi connectivity index (χ0v) is 13.2. The third kappa shape index (κ3) is 2.85. The molecule has 0 amide bonds. The van der Waals surface area contributed by atoms with Crippen LogP contribution in [0.5, 0.6) is 0 Å². The second-order valence-electron chi connectivity index (χ2n) is 6.11. The first-order chi connectivity index (χ1) is 9.99. The molecule has 2 N–H and O–H groups in total. The van der Waals surface area contributed by atoms with Crippen LogP contribution in [0.25, 0.3) is 0 Å². The van der Waals surface area contributed by atoms with Crippen LogP contribution in [0, 0.1) is 17.8 Å². The average Bonchev–Trinajstić information content (AvgIpc) is 3.10. The van der Waals surface area contributed by atoms with Gasteiger partial charge in [-0.15, -0.1) is 0 Å². The summed E-state index contributed by atoms with van der Waals surface area (Å²) in [7, 11) is -1.95. The van der Waals surface area contributed by atoms with Crippen LogP contribution in [0.3, 0.4) is 0 Å². The molecule has 0 spiro atoms. The Hall–Kier alpha value is -1.33. The molecule has 0 heterocycles. The van der Waals surface area contributed by atoms with Gasteiger partial charge in [-0.3, -0.25) is 0 Å². The van der Waals surface area contributed by atoms with E-state index in [1.165, 1.54) is 19.9 Å². The summed E-state index contributed by atoms with van der Waals surface area (Å²) in [6, 6.07) is 7.36. The van der Waals surface area contributed by atoms with Gasteiger partial charge in [0.2, 0.25) is 10.0 Å². The van der Waals surface area contributed by atoms with E-state index >= 15 is 0 Å². The van der Waals surface area contributed by atoms with Crippen LogP contribution in [0.15, 0.2) is 41.3 Å². The lowest BCUT2D eigenvalue weighted by Gasteiger charge is -2.27. The molecular weight excluding hydrogens is 284 g/mol. The second kappa shape index (κ2) is 5.46. The van der Waals surface area contributed by atoms with Gasteiger partial charge in [-0.1, -0.05) is 18.2 Å². The topological polar surface area (TPSA) is 58.2 Å². The average molecular weight is 306 g/mol. The number of sulfonamides is 1. The standard InChI is InChI=1S/C16H22N2O2S/c1-11(16-9-12-6-7-13(16)8-12)18-14-4-3-5-15(10-14)21(19,20)17-2/h3-7,10-13,16-18H,8-9H2,1-2H3. The van der Waals surface area contributed by atoms with Gasteiger partial charge in [0.1, 0.15) is 0 Å². The van der Waals surface area contributed by atoms with Crippen molar-refractivity contribution in [3.63, 3.8) is 0 Å². The molecule has 0 saturated heterocycles. The highest BCUT2D eigenvalue weighted by Gasteiger charge is 2.38. The minimum absolute atomic E-state index is 0.301. The number of hydrogen-bond donors (Lipinski definition) is 2. The van der Waals surface area contributed by atoms with Crippen molar-refractivity contribution in [3.05, 3.63) is 36.4 Å². The molecule has 1 aromatic rings. The van der Waals surface area contributed by atoms with Crippen molar-refractivity contribution < 1.29 is 8.42 Å². The van der Waals surface area contributed by atoms with E-state index in [2.05, 4.69) is 29.1 Å². The molecule has 2 aliphatic carbocycles. The van der Waals surface area contributed by atoms with Crippen molar-refractivity contribution >= 4 is 15.7 Å². The first-order valence-electron chi connectivity index (χ1n) is 7.48. The number of rotatable bonds is 5. The maximum atomic E-state index is 11.9. The summed E-state index contributed by atoms with van der Waals surface area (Å²) in [6.45, 7) is 2.19. The Morgan fingerprint density at radius 3 is 2.67 bits per heavy atom. The van der Waals surface area contributed by atoms with Gasteiger partial charge in [0, 0.05) is 11.7 Å². The Labute approximate surface area is 126 Å². The van der Waals surface area contributed by atoms with E-state index in [-0.39, 0.29) is 0 Å². The van der Waals surface area contributed by atoms with Crippen LogP contribution < -0.4 is 10.0 Å². The molecule has 2 aliphatic rings. The fourth-order valence-corrected chi connectivity index (χ4v) is 4.41. The van der Waals surface area contributed by atoms with Crippen molar-refractivity contribution in [2.75, 3.05) is 12.4 Å². The maximum absolute atomic E-state index is 11.9. The Morgan fingerprint density at radius 2 is 2.05 bits per heavy atom. The Bertz CT molecular complexity index is 654. The molecule has 3 rings (SSSR count). The van der Waals surface area contributed by atoms with E-state index in [0.29, 0.717) is 22.8 Å².